The number of rotatable bonds is 4. The average Bonchev–Trinajstić information content (AvgIpc) is 2.99. The lowest BCUT2D eigenvalue weighted by molar-refractivity contribution is 0.518. The predicted molar refractivity (Wildman–Crippen MR) is 76.0 cm³/mol. The van der Waals surface area contributed by atoms with E-state index in [1.165, 1.54) is 0 Å². The Labute approximate surface area is 116 Å². The lowest BCUT2D eigenvalue weighted by Crippen LogP contribution is -2.03. The number of anilines is 1. The quantitative estimate of drug-likeness (QED) is 0.786. The first-order valence-electron chi connectivity index (χ1n) is 6.33. The minimum absolute atomic E-state index is 0.593. The van der Waals surface area contributed by atoms with Crippen LogP contribution in [0.5, 0.6) is 0 Å². The molecule has 3 heterocycles. The normalized spacial score (nSPS) is 10.4. The van der Waals surface area contributed by atoms with E-state index in [1.54, 1.807) is 18.7 Å². The molecule has 0 aliphatic carbocycles. The Morgan fingerprint density at radius 1 is 1.20 bits per heavy atom. The molecule has 0 saturated heterocycles. The average molecular weight is 266 g/mol. The van der Waals surface area contributed by atoms with Gasteiger partial charge in [0, 0.05) is 24.0 Å². The van der Waals surface area contributed by atoms with Crippen LogP contribution in [-0.4, -0.2) is 15.0 Å². The van der Waals surface area contributed by atoms with Crippen LogP contribution in [0.3, 0.4) is 0 Å². The molecule has 0 aromatic carbocycles. The molecule has 20 heavy (non-hydrogen) atoms. The topological polar surface area (TPSA) is 63.8 Å². The third-order valence-corrected chi connectivity index (χ3v) is 2.82. The number of furan rings is 1. The summed E-state index contributed by atoms with van der Waals surface area (Å²) in [5.74, 6) is 2.35. The lowest BCUT2D eigenvalue weighted by atomic mass is 10.2. The van der Waals surface area contributed by atoms with Crippen LogP contribution in [-0.2, 0) is 6.54 Å². The molecule has 0 aliphatic rings. The van der Waals surface area contributed by atoms with Crippen molar-refractivity contribution in [2.24, 2.45) is 0 Å². The molecule has 3 aromatic rings. The summed E-state index contributed by atoms with van der Waals surface area (Å²) in [6.45, 7) is 2.47. The van der Waals surface area contributed by atoms with E-state index in [-0.39, 0.29) is 0 Å². The third-order valence-electron chi connectivity index (χ3n) is 2.82. The number of pyridine rings is 1. The Morgan fingerprint density at radius 3 is 2.90 bits per heavy atom. The smallest absolute Gasteiger partial charge is 0.130 e. The molecule has 100 valence electrons. The van der Waals surface area contributed by atoms with Crippen LogP contribution < -0.4 is 5.32 Å². The standard InChI is InChI=1S/C15H14N4O/c1-11-18-14(12-4-2-6-16-9-12)8-15(19-11)17-10-13-5-3-7-20-13/h2-9H,10H2,1H3,(H,17,18,19). The van der Waals surface area contributed by atoms with Crippen LogP contribution in [0.2, 0.25) is 0 Å². The fourth-order valence-electron chi connectivity index (χ4n) is 1.91. The second-order valence-corrected chi connectivity index (χ2v) is 4.36. The number of nitrogens with zero attached hydrogens (tertiary/aromatic N) is 3. The monoisotopic (exact) mass is 266 g/mol. The van der Waals surface area contributed by atoms with E-state index in [9.17, 15) is 0 Å². The number of nitrogens with one attached hydrogen (secondary N) is 1. The summed E-state index contributed by atoms with van der Waals surface area (Å²) in [4.78, 5) is 12.9. The van der Waals surface area contributed by atoms with Gasteiger partial charge in [0.1, 0.15) is 17.4 Å². The second kappa shape index (κ2) is 5.52. The summed E-state index contributed by atoms with van der Waals surface area (Å²) in [6, 6.07) is 9.56. The zero-order chi connectivity index (χ0) is 13.8. The van der Waals surface area contributed by atoms with E-state index in [0.717, 1.165) is 22.8 Å². The molecular weight excluding hydrogens is 252 g/mol. The Bertz CT molecular complexity index is 680. The van der Waals surface area contributed by atoms with Gasteiger partial charge in [0.2, 0.25) is 0 Å². The number of aromatic nitrogens is 3. The Balaban J connectivity index is 1.83. The highest BCUT2D eigenvalue weighted by Gasteiger charge is 2.05. The SMILES string of the molecule is Cc1nc(NCc2ccco2)cc(-c2cccnc2)n1. The van der Waals surface area contributed by atoms with E-state index < -0.39 is 0 Å². The van der Waals surface area contributed by atoms with Gasteiger partial charge in [0.25, 0.3) is 0 Å². The van der Waals surface area contributed by atoms with Crippen LogP contribution in [0.15, 0.2) is 53.4 Å². The van der Waals surface area contributed by atoms with Gasteiger partial charge >= 0.3 is 0 Å². The first-order valence-corrected chi connectivity index (χ1v) is 6.33. The zero-order valence-electron chi connectivity index (χ0n) is 11.1. The fraction of sp³-hybridized carbons (Fsp3) is 0.133. The number of hydrogen-bond acceptors (Lipinski definition) is 5. The van der Waals surface area contributed by atoms with Crippen molar-refractivity contribution in [1.29, 1.82) is 0 Å². The summed E-state index contributed by atoms with van der Waals surface area (Å²) in [5.41, 5.74) is 1.83. The molecule has 0 aliphatic heterocycles. The molecule has 0 bridgehead atoms. The molecule has 5 nitrogen and oxygen atoms in total. The van der Waals surface area contributed by atoms with Gasteiger partial charge in [-0.3, -0.25) is 4.98 Å². The van der Waals surface area contributed by atoms with Gasteiger partial charge < -0.3 is 9.73 Å². The molecule has 0 spiro atoms. The molecule has 0 unspecified atom stereocenters. The molecule has 0 fully saturated rings. The number of aryl methyl sites for hydroxylation is 1. The van der Waals surface area contributed by atoms with E-state index in [0.29, 0.717) is 12.4 Å². The van der Waals surface area contributed by atoms with Crippen molar-refractivity contribution in [3.05, 3.63) is 60.6 Å². The molecule has 3 aromatic heterocycles. The molecule has 5 heteroatoms. The summed E-state index contributed by atoms with van der Waals surface area (Å²) >= 11 is 0. The lowest BCUT2D eigenvalue weighted by Gasteiger charge is -2.07. The van der Waals surface area contributed by atoms with Crippen LogP contribution in [0.25, 0.3) is 11.3 Å². The second-order valence-electron chi connectivity index (χ2n) is 4.36. The third kappa shape index (κ3) is 2.83. The van der Waals surface area contributed by atoms with Gasteiger partial charge in [-0.1, -0.05) is 0 Å². The van der Waals surface area contributed by atoms with Crippen molar-refractivity contribution in [2.45, 2.75) is 13.5 Å². The summed E-state index contributed by atoms with van der Waals surface area (Å²) in [6.07, 6.45) is 5.19. The van der Waals surface area contributed by atoms with Gasteiger partial charge in [-0.05, 0) is 31.2 Å². The van der Waals surface area contributed by atoms with E-state index in [4.69, 9.17) is 4.42 Å². The van der Waals surface area contributed by atoms with Gasteiger partial charge in [-0.15, -0.1) is 0 Å². The Morgan fingerprint density at radius 2 is 2.15 bits per heavy atom. The maximum absolute atomic E-state index is 5.28. The van der Waals surface area contributed by atoms with Crippen molar-refractivity contribution >= 4 is 5.82 Å². The molecule has 0 amide bonds. The summed E-state index contributed by atoms with van der Waals surface area (Å²) in [5, 5.41) is 3.23. The molecular formula is C15H14N4O. The molecule has 1 N–H and O–H groups in total. The van der Waals surface area contributed by atoms with Gasteiger partial charge in [-0.25, -0.2) is 9.97 Å². The molecule has 0 radical (unpaired) electrons. The highest BCUT2D eigenvalue weighted by molar-refractivity contribution is 5.61. The molecule has 3 rings (SSSR count). The van der Waals surface area contributed by atoms with Crippen molar-refractivity contribution in [3.63, 3.8) is 0 Å². The van der Waals surface area contributed by atoms with Crippen LogP contribution in [0, 0.1) is 6.92 Å². The maximum Gasteiger partial charge on any atom is 0.130 e. The largest absolute Gasteiger partial charge is 0.467 e. The zero-order valence-corrected chi connectivity index (χ0v) is 11.1. The van der Waals surface area contributed by atoms with Crippen molar-refractivity contribution in [2.75, 3.05) is 5.32 Å². The fourth-order valence-corrected chi connectivity index (χ4v) is 1.91. The summed E-state index contributed by atoms with van der Waals surface area (Å²) < 4.78 is 5.28. The maximum atomic E-state index is 5.28. The van der Waals surface area contributed by atoms with Gasteiger partial charge in [0.05, 0.1) is 18.5 Å². The molecule has 0 saturated carbocycles. The minimum Gasteiger partial charge on any atom is -0.467 e. The van der Waals surface area contributed by atoms with Crippen LogP contribution in [0.4, 0.5) is 5.82 Å². The van der Waals surface area contributed by atoms with Crippen molar-refractivity contribution in [1.82, 2.24) is 15.0 Å². The van der Waals surface area contributed by atoms with E-state index >= 15 is 0 Å². The first kappa shape index (κ1) is 12.3. The molecule has 0 atom stereocenters. The van der Waals surface area contributed by atoms with E-state index in [1.807, 2.05) is 37.3 Å². The Hall–Kier alpha value is -2.69. The van der Waals surface area contributed by atoms with Gasteiger partial charge in [-0.2, -0.15) is 0 Å². The van der Waals surface area contributed by atoms with Crippen LogP contribution >= 0.6 is 0 Å². The van der Waals surface area contributed by atoms with E-state index in [2.05, 4.69) is 20.3 Å². The van der Waals surface area contributed by atoms with Crippen molar-refractivity contribution in [3.8, 4) is 11.3 Å². The van der Waals surface area contributed by atoms with Crippen LogP contribution in [0.1, 0.15) is 11.6 Å². The highest BCUT2D eigenvalue weighted by Crippen LogP contribution is 2.19. The van der Waals surface area contributed by atoms with Crippen molar-refractivity contribution < 1.29 is 4.42 Å². The van der Waals surface area contributed by atoms with Gasteiger partial charge in [0.15, 0.2) is 0 Å². The predicted octanol–water partition coefficient (Wildman–Crippen LogP) is 3.05. The highest BCUT2D eigenvalue weighted by atomic mass is 16.3. The number of hydrogen-bond donors (Lipinski definition) is 1. The Kier molecular flexibility index (Phi) is 3.41. The minimum atomic E-state index is 0.593. The first-order chi connectivity index (χ1) is 9.81. The summed E-state index contributed by atoms with van der Waals surface area (Å²) in [7, 11) is 0.